The highest BCUT2D eigenvalue weighted by Crippen LogP contribution is 2.22. The normalized spacial score (nSPS) is 21.8. The Morgan fingerprint density at radius 3 is 2.60 bits per heavy atom. The van der Waals surface area contributed by atoms with Crippen molar-refractivity contribution < 1.29 is 0 Å². The van der Waals surface area contributed by atoms with Gasteiger partial charge in [-0.05, 0) is 71.1 Å². The van der Waals surface area contributed by atoms with E-state index in [1.807, 2.05) is 0 Å². The van der Waals surface area contributed by atoms with Gasteiger partial charge in [-0.2, -0.15) is 5.10 Å². The van der Waals surface area contributed by atoms with Crippen molar-refractivity contribution >= 4 is 0 Å². The summed E-state index contributed by atoms with van der Waals surface area (Å²) in [4.78, 5) is 2.56. The molecule has 1 saturated heterocycles. The van der Waals surface area contributed by atoms with Gasteiger partial charge in [0.15, 0.2) is 0 Å². The Hall–Kier alpha value is -0.870. The molecule has 2 fully saturated rings. The second-order valence-electron chi connectivity index (χ2n) is 6.78. The van der Waals surface area contributed by atoms with E-state index in [1.54, 1.807) is 0 Å². The minimum absolute atomic E-state index is 0.461. The average Bonchev–Trinajstić information content (AvgIpc) is 3.15. The molecule has 2 heterocycles. The van der Waals surface area contributed by atoms with Crippen molar-refractivity contribution in [1.82, 2.24) is 20.0 Å². The molecule has 1 aliphatic heterocycles. The number of nitrogens with one attached hydrogen (secondary N) is 1. The molecular formula is C16H28N4. The monoisotopic (exact) mass is 276 g/mol. The molecule has 1 N–H and O–H groups in total. The summed E-state index contributed by atoms with van der Waals surface area (Å²) in [6.07, 6.45) is 7.58. The fraction of sp³-hybridized carbons (Fsp3) is 0.812. The van der Waals surface area contributed by atoms with E-state index >= 15 is 0 Å². The lowest BCUT2D eigenvalue weighted by molar-refractivity contribution is 0.173. The fourth-order valence-electron chi connectivity index (χ4n) is 2.95. The summed E-state index contributed by atoms with van der Waals surface area (Å²) in [6, 6.07) is 3.48. The molecule has 0 atom stereocenters. The summed E-state index contributed by atoms with van der Waals surface area (Å²) in [5, 5.41) is 8.33. The molecule has 0 unspecified atom stereocenters. The SMILES string of the molecule is CC(C)n1ccc(CN2CCC(CNC3CC3)CC2)n1. The Bertz CT molecular complexity index is 414. The summed E-state index contributed by atoms with van der Waals surface area (Å²) in [5.41, 5.74) is 1.22. The van der Waals surface area contributed by atoms with E-state index in [0.29, 0.717) is 6.04 Å². The Kier molecular flexibility index (Phi) is 4.41. The third kappa shape index (κ3) is 3.83. The van der Waals surface area contributed by atoms with Gasteiger partial charge in [0.05, 0.1) is 5.69 Å². The zero-order valence-corrected chi connectivity index (χ0v) is 12.9. The largest absolute Gasteiger partial charge is 0.314 e. The Morgan fingerprint density at radius 2 is 2.00 bits per heavy atom. The smallest absolute Gasteiger partial charge is 0.0764 e. The van der Waals surface area contributed by atoms with Crippen LogP contribution in [0.25, 0.3) is 0 Å². The van der Waals surface area contributed by atoms with E-state index in [0.717, 1.165) is 18.5 Å². The van der Waals surface area contributed by atoms with Crippen molar-refractivity contribution in [3.63, 3.8) is 0 Å². The third-order valence-electron chi connectivity index (χ3n) is 4.56. The van der Waals surface area contributed by atoms with Gasteiger partial charge in [-0.3, -0.25) is 9.58 Å². The molecule has 20 heavy (non-hydrogen) atoms. The van der Waals surface area contributed by atoms with E-state index in [2.05, 4.69) is 46.1 Å². The molecule has 1 aliphatic carbocycles. The maximum atomic E-state index is 4.65. The van der Waals surface area contributed by atoms with E-state index in [1.165, 1.54) is 51.0 Å². The fourth-order valence-corrected chi connectivity index (χ4v) is 2.95. The highest BCUT2D eigenvalue weighted by molar-refractivity contribution is 5.00. The first-order valence-electron chi connectivity index (χ1n) is 8.20. The molecule has 1 saturated carbocycles. The Morgan fingerprint density at radius 1 is 1.25 bits per heavy atom. The van der Waals surface area contributed by atoms with Gasteiger partial charge in [0.1, 0.15) is 0 Å². The first-order valence-corrected chi connectivity index (χ1v) is 8.20. The molecule has 4 nitrogen and oxygen atoms in total. The van der Waals surface area contributed by atoms with E-state index in [-0.39, 0.29) is 0 Å². The van der Waals surface area contributed by atoms with Gasteiger partial charge in [0, 0.05) is 24.8 Å². The Balaban J connectivity index is 1.40. The molecule has 4 heteroatoms. The topological polar surface area (TPSA) is 33.1 Å². The molecule has 0 radical (unpaired) electrons. The molecule has 112 valence electrons. The van der Waals surface area contributed by atoms with Gasteiger partial charge >= 0.3 is 0 Å². The molecule has 3 rings (SSSR count). The Labute approximate surface area is 122 Å². The van der Waals surface area contributed by atoms with Crippen LogP contribution in [0.3, 0.4) is 0 Å². The van der Waals surface area contributed by atoms with Crippen molar-refractivity contribution in [2.45, 2.75) is 58.2 Å². The lowest BCUT2D eigenvalue weighted by Gasteiger charge is -2.31. The molecule has 2 aliphatic rings. The van der Waals surface area contributed by atoms with E-state index in [9.17, 15) is 0 Å². The molecule has 0 aromatic carbocycles. The zero-order valence-electron chi connectivity index (χ0n) is 12.9. The van der Waals surface area contributed by atoms with E-state index in [4.69, 9.17) is 0 Å². The lowest BCUT2D eigenvalue weighted by atomic mass is 9.96. The van der Waals surface area contributed by atoms with Crippen molar-refractivity contribution in [2.24, 2.45) is 5.92 Å². The van der Waals surface area contributed by atoms with Gasteiger partial charge in [-0.25, -0.2) is 0 Å². The van der Waals surface area contributed by atoms with E-state index < -0.39 is 0 Å². The number of hydrogen-bond donors (Lipinski definition) is 1. The maximum absolute atomic E-state index is 4.65. The van der Waals surface area contributed by atoms with Crippen molar-refractivity contribution in [3.8, 4) is 0 Å². The molecule has 0 spiro atoms. The van der Waals surface area contributed by atoms with Crippen LogP contribution >= 0.6 is 0 Å². The van der Waals surface area contributed by atoms with Crippen molar-refractivity contribution in [2.75, 3.05) is 19.6 Å². The molecule has 1 aromatic heterocycles. The van der Waals surface area contributed by atoms with Crippen LogP contribution in [0.15, 0.2) is 12.3 Å². The van der Waals surface area contributed by atoms with Crippen LogP contribution in [0, 0.1) is 5.92 Å². The first-order chi connectivity index (χ1) is 9.70. The highest BCUT2D eigenvalue weighted by atomic mass is 15.3. The number of aromatic nitrogens is 2. The summed E-state index contributed by atoms with van der Waals surface area (Å²) < 4.78 is 2.06. The van der Waals surface area contributed by atoms with Crippen LogP contribution in [0.5, 0.6) is 0 Å². The molecular weight excluding hydrogens is 248 g/mol. The second kappa shape index (κ2) is 6.27. The minimum atomic E-state index is 0.461. The molecule has 0 bridgehead atoms. The van der Waals surface area contributed by atoms with Gasteiger partial charge in [-0.15, -0.1) is 0 Å². The van der Waals surface area contributed by atoms with Crippen LogP contribution in [-0.4, -0.2) is 40.4 Å². The lowest BCUT2D eigenvalue weighted by Crippen LogP contribution is -2.37. The predicted octanol–water partition coefficient (Wildman–Crippen LogP) is 2.43. The average molecular weight is 276 g/mol. The van der Waals surface area contributed by atoms with Crippen LogP contribution < -0.4 is 5.32 Å². The van der Waals surface area contributed by atoms with Crippen LogP contribution in [0.1, 0.15) is 51.3 Å². The number of hydrogen-bond acceptors (Lipinski definition) is 3. The van der Waals surface area contributed by atoms with Crippen LogP contribution in [-0.2, 0) is 6.54 Å². The van der Waals surface area contributed by atoms with Gasteiger partial charge < -0.3 is 5.32 Å². The second-order valence-corrected chi connectivity index (χ2v) is 6.78. The summed E-state index contributed by atoms with van der Waals surface area (Å²) in [6.45, 7) is 9.06. The molecule has 0 amide bonds. The van der Waals surface area contributed by atoms with Gasteiger partial charge in [0.25, 0.3) is 0 Å². The standard InChI is InChI=1S/C16H28N4/c1-13(2)20-10-7-16(18-20)12-19-8-5-14(6-9-19)11-17-15-3-4-15/h7,10,13-15,17H,3-6,8-9,11-12H2,1-2H3. The number of nitrogens with zero attached hydrogens (tertiary/aromatic N) is 3. The maximum Gasteiger partial charge on any atom is 0.0764 e. The summed E-state index contributed by atoms with van der Waals surface area (Å²) in [7, 11) is 0. The number of rotatable bonds is 6. The van der Waals surface area contributed by atoms with Gasteiger partial charge in [-0.1, -0.05) is 0 Å². The zero-order chi connectivity index (χ0) is 13.9. The van der Waals surface area contributed by atoms with Crippen molar-refractivity contribution in [1.29, 1.82) is 0 Å². The minimum Gasteiger partial charge on any atom is -0.314 e. The third-order valence-corrected chi connectivity index (χ3v) is 4.56. The van der Waals surface area contributed by atoms with Crippen molar-refractivity contribution in [3.05, 3.63) is 18.0 Å². The highest BCUT2D eigenvalue weighted by Gasteiger charge is 2.24. The van der Waals surface area contributed by atoms with Gasteiger partial charge in [0.2, 0.25) is 0 Å². The van der Waals surface area contributed by atoms with Crippen LogP contribution in [0.4, 0.5) is 0 Å². The summed E-state index contributed by atoms with van der Waals surface area (Å²) >= 11 is 0. The summed E-state index contributed by atoms with van der Waals surface area (Å²) in [5.74, 6) is 0.889. The number of piperidine rings is 1. The predicted molar refractivity (Wildman–Crippen MR) is 81.6 cm³/mol. The molecule has 1 aromatic rings. The van der Waals surface area contributed by atoms with Crippen LogP contribution in [0.2, 0.25) is 0 Å². The quantitative estimate of drug-likeness (QED) is 0.866. The number of likely N-dealkylation sites (tertiary alicyclic amines) is 1. The first kappa shape index (κ1) is 14.1.